The minimum atomic E-state index is 0.274. The SMILES string of the molecule is C=CC[C@@H](N[C@@H](C)c1ccccc1)c1ccncc1. The van der Waals surface area contributed by atoms with Crippen molar-refractivity contribution in [1.82, 2.24) is 10.3 Å². The van der Waals surface area contributed by atoms with Crippen molar-refractivity contribution in [3.05, 3.63) is 78.6 Å². The van der Waals surface area contributed by atoms with Crippen LogP contribution in [0, 0.1) is 0 Å². The van der Waals surface area contributed by atoms with E-state index >= 15 is 0 Å². The Morgan fingerprint density at radius 2 is 1.79 bits per heavy atom. The molecule has 0 bridgehead atoms. The molecule has 2 atom stereocenters. The van der Waals surface area contributed by atoms with Gasteiger partial charge in [0.15, 0.2) is 0 Å². The van der Waals surface area contributed by atoms with Gasteiger partial charge in [0.25, 0.3) is 0 Å². The molecular weight excluding hydrogens is 232 g/mol. The molecule has 0 spiro atoms. The summed E-state index contributed by atoms with van der Waals surface area (Å²) in [5.74, 6) is 0. The summed E-state index contributed by atoms with van der Waals surface area (Å²) in [6.07, 6.45) is 6.53. The number of pyridine rings is 1. The van der Waals surface area contributed by atoms with E-state index in [-0.39, 0.29) is 6.04 Å². The van der Waals surface area contributed by atoms with Crippen molar-refractivity contribution in [2.75, 3.05) is 0 Å². The Labute approximate surface area is 115 Å². The van der Waals surface area contributed by atoms with E-state index in [1.54, 1.807) is 0 Å². The molecule has 1 aromatic heterocycles. The van der Waals surface area contributed by atoms with Crippen molar-refractivity contribution >= 4 is 0 Å². The van der Waals surface area contributed by atoms with E-state index in [0.717, 1.165) is 6.42 Å². The van der Waals surface area contributed by atoms with Gasteiger partial charge >= 0.3 is 0 Å². The van der Waals surface area contributed by atoms with Crippen LogP contribution in [0.3, 0.4) is 0 Å². The molecule has 0 aliphatic heterocycles. The molecule has 2 nitrogen and oxygen atoms in total. The highest BCUT2D eigenvalue weighted by molar-refractivity contribution is 5.21. The fraction of sp³-hybridized carbons (Fsp3) is 0.235. The lowest BCUT2D eigenvalue weighted by Gasteiger charge is -2.23. The minimum Gasteiger partial charge on any atom is -0.303 e. The van der Waals surface area contributed by atoms with Gasteiger partial charge in [0.1, 0.15) is 0 Å². The average molecular weight is 252 g/mol. The highest BCUT2D eigenvalue weighted by Crippen LogP contribution is 2.22. The summed E-state index contributed by atoms with van der Waals surface area (Å²) >= 11 is 0. The topological polar surface area (TPSA) is 24.9 Å². The quantitative estimate of drug-likeness (QED) is 0.784. The molecule has 0 saturated carbocycles. The van der Waals surface area contributed by atoms with Crippen molar-refractivity contribution in [3.63, 3.8) is 0 Å². The van der Waals surface area contributed by atoms with Crippen LogP contribution < -0.4 is 5.32 Å². The number of hydrogen-bond donors (Lipinski definition) is 1. The third kappa shape index (κ3) is 3.76. The Kier molecular flexibility index (Phi) is 4.87. The largest absolute Gasteiger partial charge is 0.303 e. The second-order valence-corrected chi connectivity index (χ2v) is 4.66. The van der Waals surface area contributed by atoms with Gasteiger partial charge in [-0.2, -0.15) is 0 Å². The average Bonchev–Trinajstić information content (AvgIpc) is 2.48. The van der Waals surface area contributed by atoms with Crippen molar-refractivity contribution in [1.29, 1.82) is 0 Å². The number of aromatic nitrogens is 1. The van der Waals surface area contributed by atoms with Crippen LogP contribution in [-0.4, -0.2) is 4.98 Å². The zero-order valence-corrected chi connectivity index (χ0v) is 11.3. The highest BCUT2D eigenvalue weighted by Gasteiger charge is 2.13. The van der Waals surface area contributed by atoms with E-state index in [1.165, 1.54) is 11.1 Å². The first-order valence-electron chi connectivity index (χ1n) is 6.63. The third-order valence-electron chi connectivity index (χ3n) is 3.26. The van der Waals surface area contributed by atoms with Crippen molar-refractivity contribution in [3.8, 4) is 0 Å². The number of rotatable bonds is 6. The zero-order valence-electron chi connectivity index (χ0n) is 11.3. The van der Waals surface area contributed by atoms with Crippen LogP contribution in [0.4, 0.5) is 0 Å². The van der Waals surface area contributed by atoms with Crippen LogP contribution in [0.15, 0.2) is 67.5 Å². The molecule has 2 rings (SSSR count). The van der Waals surface area contributed by atoms with E-state index in [2.05, 4.69) is 60.2 Å². The molecule has 2 heteroatoms. The maximum absolute atomic E-state index is 4.07. The van der Waals surface area contributed by atoms with Gasteiger partial charge in [-0.3, -0.25) is 4.98 Å². The molecule has 98 valence electrons. The molecule has 2 aromatic rings. The first-order chi connectivity index (χ1) is 9.31. The van der Waals surface area contributed by atoms with Gasteiger partial charge in [-0.25, -0.2) is 0 Å². The molecule has 0 radical (unpaired) electrons. The van der Waals surface area contributed by atoms with Gasteiger partial charge in [-0.15, -0.1) is 6.58 Å². The Morgan fingerprint density at radius 1 is 1.11 bits per heavy atom. The Hall–Kier alpha value is -1.93. The number of nitrogens with zero attached hydrogens (tertiary/aromatic N) is 1. The van der Waals surface area contributed by atoms with E-state index in [1.807, 2.05) is 24.5 Å². The summed E-state index contributed by atoms with van der Waals surface area (Å²) in [6.45, 7) is 6.04. The van der Waals surface area contributed by atoms with Crippen molar-refractivity contribution in [2.24, 2.45) is 0 Å². The van der Waals surface area contributed by atoms with Crippen molar-refractivity contribution < 1.29 is 0 Å². The molecule has 0 unspecified atom stereocenters. The Morgan fingerprint density at radius 3 is 2.42 bits per heavy atom. The smallest absolute Gasteiger partial charge is 0.0361 e. The Bertz CT molecular complexity index is 493. The maximum atomic E-state index is 4.07. The second kappa shape index (κ2) is 6.86. The predicted molar refractivity (Wildman–Crippen MR) is 79.8 cm³/mol. The van der Waals surface area contributed by atoms with Crippen LogP contribution in [0.5, 0.6) is 0 Å². The normalized spacial score (nSPS) is 13.7. The molecular formula is C17H20N2. The lowest BCUT2D eigenvalue weighted by atomic mass is 10.0. The third-order valence-corrected chi connectivity index (χ3v) is 3.26. The monoisotopic (exact) mass is 252 g/mol. The van der Waals surface area contributed by atoms with E-state index < -0.39 is 0 Å². The second-order valence-electron chi connectivity index (χ2n) is 4.66. The lowest BCUT2D eigenvalue weighted by Crippen LogP contribution is -2.24. The van der Waals surface area contributed by atoms with Crippen LogP contribution in [0.1, 0.15) is 36.6 Å². The highest BCUT2D eigenvalue weighted by atomic mass is 14.9. The fourth-order valence-electron chi connectivity index (χ4n) is 2.20. The van der Waals surface area contributed by atoms with Gasteiger partial charge in [-0.05, 0) is 36.6 Å². The van der Waals surface area contributed by atoms with E-state index in [0.29, 0.717) is 6.04 Å². The van der Waals surface area contributed by atoms with E-state index in [4.69, 9.17) is 0 Å². The van der Waals surface area contributed by atoms with Gasteiger partial charge < -0.3 is 5.32 Å². The van der Waals surface area contributed by atoms with Crippen LogP contribution in [0.2, 0.25) is 0 Å². The Balaban J connectivity index is 2.11. The summed E-state index contributed by atoms with van der Waals surface area (Å²) < 4.78 is 0. The summed E-state index contributed by atoms with van der Waals surface area (Å²) in [4.78, 5) is 4.07. The summed E-state index contributed by atoms with van der Waals surface area (Å²) in [5, 5.41) is 3.65. The maximum Gasteiger partial charge on any atom is 0.0361 e. The molecule has 1 N–H and O–H groups in total. The fourth-order valence-corrected chi connectivity index (χ4v) is 2.20. The molecule has 19 heavy (non-hydrogen) atoms. The molecule has 1 aromatic carbocycles. The van der Waals surface area contributed by atoms with Gasteiger partial charge in [0, 0.05) is 24.5 Å². The molecule has 0 amide bonds. The summed E-state index contributed by atoms with van der Waals surface area (Å²) in [5.41, 5.74) is 2.54. The van der Waals surface area contributed by atoms with E-state index in [9.17, 15) is 0 Å². The lowest BCUT2D eigenvalue weighted by molar-refractivity contribution is 0.470. The molecule has 1 heterocycles. The zero-order chi connectivity index (χ0) is 13.5. The van der Waals surface area contributed by atoms with Crippen LogP contribution in [0.25, 0.3) is 0 Å². The summed E-state index contributed by atoms with van der Waals surface area (Å²) in [6, 6.07) is 15.2. The number of benzene rings is 1. The molecule has 0 fully saturated rings. The number of hydrogen-bond acceptors (Lipinski definition) is 2. The first-order valence-corrected chi connectivity index (χ1v) is 6.63. The molecule has 0 saturated heterocycles. The van der Waals surface area contributed by atoms with Gasteiger partial charge in [0.2, 0.25) is 0 Å². The van der Waals surface area contributed by atoms with Crippen LogP contribution >= 0.6 is 0 Å². The van der Waals surface area contributed by atoms with Crippen molar-refractivity contribution in [2.45, 2.75) is 25.4 Å². The van der Waals surface area contributed by atoms with Gasteiger partial charge in [-0.1, -0.05) is 36.4 Å². The first kappa shape index (κ1) is 13.5. The minimum absolute atomic E-state index is 0.274. The summed E-state index contributed by atoms with van der Waals surface area (Å²) in [7, 11) is 0. The molecule has 0 aliphatic rings. The predicted octanol–water partition coefficient (Wildman–Crippen LogP) is 4.05. The molecule has 0 aliphatic carbocycles. The number of nitrogens with one attached hydrogen (secondary N) is 1. The van der Waals surface area contributed by atoms with Crippen LogP contribution in [-0.2, 0) is 0 Å². The van der Waals surface area contributed by atoms with Gasteiger partial charge in [0.05, 0.1) is 0 Å². The standard InChI is InChI=1S/C17H20N2/c1-3-7-17(16-10-12-18-13-11-16)19-14(2)15-8-5-4-6-9-15/h3-6,8-14,17,19H,1,7H2,2H3/t14-,17+/m0/s1.